The number of rotatable bonds is 6. The largest absolute Gasteiger partial charge is 0.359 e. The fourth-order valence-electron chi connectivity index (χ4n) is 1.40. The van der Waals surface area contributed by atoms with E-state index in [1.165, 1.54) is 19.0 Å². The zero-order valence-electron chi connectivity index (χ0n) is 12.1. The number of amides is 2. The Kier molecular flexibility index (Phi) is 5.52. The maximum Gasteiger partial charge on any atom is 0.317 e. The number of nitrogens with zero attached hydrogens (tertiary/aromatic N) is 3. The number of hydrogen-bond donors (Lipinski definition) is 1. The lowest BCUT2D eigenvalue weighted by Crippen LogP contribution is -2.40. The Morgan fingerprint density at radius 3 is 2.55 bits per heavy atom. The minimum Gasteiger partial charge on any atom is -0.359 e. The molecule has 2 amide bonds. The SMILES string of the molecule is Cc1cc(CN(C)C(=O)NCCS(=O)(=O)N(C)C)on1. The van der Waals surface area contributed by atoms with Gasteiger partial charge in [0.1, 0.15) is 0 Å². The molecule has 114 valence electrons. The van der Waals surface area contributed by atoms with Gasteiger partial charge in [-0.15, -0.1) is 0 Å². The van der Waals surface area contributed by atoms with Crippen LogP contribution in [0.4, 0.5) is 4.79 Å². The third-order valence-corrected chi connectivity index (χ3v) is 4.44. The lowest BCUT2D eigenvalue weighted by Gasteiger charge is -2.17. The smallest absolute Gasteiger partial charge is 0.317 e. The van der Waals surface area contributed by atoms with Crippen LogP contribution in [0.5, 0.6) is 0 Å². The van der Waals surface area contributed by atoms with Crippen molar-refractivity contribution in [2.45, 2.75) is 13.5 Å². The van der Waals surface area contributed by atoms with E-state index >= 15 is 0 Å². The zero-order valence-corrected chi connectivity index (χ0v) is 12.9. The number of hydrogen-bond acceptors (Lipinski definition) is 5. The van der Waals surface area contributed by atoms with Crippen LogP contribution in [0.2, 0.25) is 0 Å². The molecular formula is C11H20N4O4S. The molecule has 0 aromatic carbocycles. The van der Waals surface area contributed by atoms with Crippen LogP contribution in [0, 0.1) is 6.92 Å². The first-order chi connectivity index (χ1) is 9.22. The van der Waals surface area contributed by atoms with Gasteiger partial charge in [-0.1, -0.05) is 5.16 Å². The standard InChI is InChI=1S/C11H20N4O4S/c1-9-7-10(19-13-9)8-15(4)11(16)12-5-6-20(17,18)14(2)3/h7H,5-6,8H2,1-4H3,(H,12,16). The molecule has 0 bridgehead atoms. The van der Waals surface area contributed by atoms with Crippen molar-refractivity contribution in [2.24, 2.45) is 0 Å². The summed E-state index contributed by atoms with van der Waals surface area (Å²) in [6.07, 6.45) is 0. The van der Waals surface area contributed by atoms with Gasteiger partial charge in [0.15, 0.2) is 5.76 Å². The average Bonchev–Trinajstić information content (AvgIpc) is 2.74. The minimum absolute atomic E-state index is 0.0547. The van der Waals surface area contributed by atoms with Crippen molar-refractivity contribution in [1.29, 1.82) is 0 Å². The highest BCUT2D eigenvalue weighted by Gasteiger charge is 2.15. The first-order valence-electron chi connectivity index (χ1n) is 6.03. The van der Waals surface area contributed by atoms with Crippen molar-refractivity contribution in [3.05, 3.63) is 17.5 Å². The third-order valence-electron chi connectivity index (χ3n) is 2.61. The normalized spacial score (nSPS) is 11.7. The molecule has 0 unspecified atom stereocenters. The lowest BCUT2D eigenvalue weighted by molar-refractivity contribution is 0.201. The summed E-state index contributed by atoms with van der Waals surface area (Å²) in [5.74, 6) is 0.433. The summed E-state index contributed by atoms with van der Waals surface area (Å²) in [6.45, 7) is 2.12. The summed E-state index contributed by atoms with van der Waals surface area (Å²) in [4.78, 5) is 13.1. The number of aryl methyl sites for hydroxylation is 1. The van der Waals surface area contributed by atoms with E-state index in [9.17, 15) is 13.2 Å². The van der Waals surface area contributed by atoms with Crippen molar-refractivity contribution >= 4 is 16.1 Å². The van der Waals surface area contributed by atoms with E-state index in [4.69, 9.17) is 4.52 Å². The van der Waals surface area contributed by atoms with Gasteiger partial charge >= 0.3 is 6.03 Å². The van der Waals surface area contributed by atoms with Gasteiger partial charge in [-0.3, -0.25) is 0 Å². The first kappa shape index (κ1) is 16.4. The molecule has 0 atom stereocenters. The summed E-state index contributed by atoms with van der Waals surface area (Å²) >= 11 is 0. The van der Waals surface area contributed by atoms with Crippen molar-refractivity contribution in [1.82, 2.24) is 19.7 Å². The van der Waals surface area contributed by atoms with E-state index in [0.29, 0.717) is 5.76 Å². The molecule has 1 heterocycles. The third kappa shape index (κ3) is 4.82. The quantitative estimate of drug-likeness (QED) is 0.799. The maximum absolute atomic E-state index is 11.8. The van der Waals surface area contributed by atoms with Crippen molar-refractivity contribution in [3.63, 3.8) is 0 Å². The van der Waals surface area contributed by atoms with E-state index in [-0.39, 0.29) is 24.9 Å². The van der Waals surface area contributed by atoms with Gasteiger partial charge in [0.25, 0.3) is 0 Å². The molecule has 0 aliphatic carbocycles. The van der Waals surface area contributed by atoms with E-state index < -0.39 is 10.0 Å². The molecule has 0 aliphatic heterocycles. The Balaban J connectivity index is 2.39. The molecule has 0 radical (unpaired) electrons. The molecule has 0 fully saturated rings. The first-order valence-corrected chi connectivity index (χ1v) is 7.64. The number of aromatic nitrogens is 1. The van der Waals surface area contributed by atoms with Crippen molar-refractivity contribution in [2.75, 3.05) is 33.4 Å². The highest BCUT2D eigenvalue weighted by atomic mass is 32.2. The van der Waals surface area contributed by atoms with Crippen molar-refractivity contribution in [3.8, 4) is 0 Å². The van der Waals surface area contributed by atoms with Crippen LogP contribution in [0.1, 0.15) is 11.5 Å². The molecule has 0 saturated heterocycles. The van der Waals surface area contributed by atoms with E-state index in [2.05, 4.69) is 10.5 Å². The second-order valence-corrected chi connectivity index (χ2v) is 6.92. The van der Waals surface area contributed by atoms with Gasteiger partial charge < -0.3 is 14.7 Å². The van der Waals surface area contributed by atoms with Crippen LogP contribution < -0.4 is 5.32 Å². The Labute approximate surface area is 118 Å². The molecule has 0 aliphatic rings. The molecular weight excluding hydrogens is 284 g/mol. The topological polar surface area (TPSA) is 95.8 Å². The van der Waals surface area contributed by atoms with Gasteiger partial charge in [0.2, 0.25) is 10.0 Å². The van der Waals surface area contributed by atoms with Gasteiger partial charge in [-0.05, 0) is 6.92 Å². The molecule has 1 rings (SSSR count). The zero-order chi connectivity index (χ0) is 15.3. The van der Waals surface area contributed by atoms with Crippen LogP contribution in [-0.4, -0.2) is 62.3 Å². The van der Waals surface area contributed by atoms with Gasteiger partial charge in [0.05, 0.1) is 18.0 Å². The van der Waals surface area contributed by atoms with Gasteiger partial charge in [-0.25, -0.2) is 17.5 Å². The highest BCUT2D eigenvalue weighted by Crippen LogP contribution is 2.05. The predicted octanol–water partition coefficient (Wildman–Crippen LogP) is 0.0158. The Morgan fingerprint density at radius 1 is 1.40 bits per heavy atom. The highest BCUT2D eigenvalue weighted by molar-refractivity contribution is 7.89. The summed E-state index contributed by atoms with van der Waals surface area (Å²) in [5, 5.41) is 6.26. The number of sulfonamides is 1. The molecule has 0 saturated carbocycles. The summed E-state index contributed by atoms with van der Waals surface area (Å²) < 4.78 is 29.2. The van der Waals surface area contributed by atoms with E-state index in [1.807, 2.05) is 0 Å². The molecule has 0 spiro atoms. The van der Waals surface area contributed by atoms with Crippen LogP contribution >= 0.6 is 0 Å². The number of carbonyl (C=O) groups is 1. The Morgan fingerprint density at radius 2 is 2.05 bits per heavy atom. The fourth-order valence-corrected chi connectivity index (χ4v) is 2.13. The summed E-state index contributed by atoms with van der Waals surface area (Å²) in [7, 11) is 1.20. The fraction of sp³-hybridized carbons (Fsp3) is 0.636. The molecule has 9 heteroatoms. The predicted molar refractivity (Wildman–Crippen MR) is 73.6 cm³/mol. The van der Waals surface area contributed by atoms with Crippen molar-refractivity contribution < 1.29 is 17.7 Å². The number of carbonyl (C=O) groups excluding carboxylic acids is 1. The molecule has 20 heavy (non-hydrogen) atoms. The average molecular weight is 304 g/mol. The summed E-state index contributed by atoms with van der Waals surface area (Å²) in [6, 6.07) is 1.37. The van der Waals surface area contributed by atoms with E-state index in [1.54, 1.807) is 20.0 Å². The molecule has 1 aromatic heterocycles. The lowest BCUT2D eigenvalue weighted by atomic mass is 10.4. The molecule has 1 N–H and O–H groups in total. The van der Waals surface area contributed by atoms with Crippen LogP contribution in [0.15, 0.2) is 10.6 Å². The van der Waals surface area contributed by atoms with Crippen LogP contribution in [0.25, 0.3) is 0 Å². The second-order valence-electron chi connectivity index (χ2n) is 4.62. The Bertz CT molecular complexity index is 553. The second kappa shape index (κ2) is 6.71. The van der Waals surface area contributed by atoms with Gasteiger partial charge in [0, 0.05) is 33.8 Å². The van der Waals surface area contributed by atoms with E-state index in [0.717, 1.165) is 10.00 Å². The Hall–Kier alpha value is -1.61. The minimum atomic E-state index is -3.30. The van der Waals surface area contributed by atoms with Gasteiger partial charge in [-0.2, -0.15) is 0 Å². The summed E-state index contributed by atoms with van der Waals surface area (Å²) in [5.41, 5.74) is 0.742. The molecule has 1 aromatic rings. The number of nitrogens with one attached hydrogen (secondary N) is 1. The maximum atomic E-state index is 11.8. The molecule has 8 nitrogen and oxygen atoms in total. The van der Waals surface area contributed by atoms with Crippen LogP contribution in [-0.2, 0) is 16.6 Å². The monoisotopic (exact) mass is 304 g/mol. The van der Waals surface area contributed by atoms with Crippen LogP contribution in [0.3, 0.4) is 0 Å². The number of urea groups is 1.